The van der Waals surface area contributed by atoms with E-state index in [0.717, 1.165) is 70.6 Å². The SMILES string of the molecule is CC(C)C[C@H](NC(=O)[C@H](CCCN=C(N)N[N+](=O)[O-])CC(=O)CCCCCCCCCCCNC(=O)OC(C)(C)C)B1O[C@@H]2C[C@@H]3C[C@@H](C3(C)C)[C@]2(C)O1. The predicted octanol–water partition coefficient (Wildman–Crippen LogP) is 6.66. The van der Waals surface area contributed by atoms with E-state index < -0.39 is 29.3 Å². The van der Waals surface area contributed by atoms with Crippen molar-refractivity contribution in [1.82, 2.24) is 16.1 Å². The van der Waals surface area contributed by atoms with E-state index in [0.29, 0.717) is 44.1 Å². The summed E-state index contributed by atoms with van der Waals surface area (Å²) >= 11 is 0. The van der Waals surface area contributed by atoms with Gasteiger partial charge in [-0.25, -0.2) is 19.9 Å². The average molecular weight is 763 g/mol. The van der Waals surface area contributed by atoms with Gasteiger partial charge in [-0.2, -0.15) is 0 Å². The molecule has 4 fully saturated rings. The maximum Gasteiger partial charge on any atom is 0.481 e. The lowest BCUT2D eigenvalue weighted by molar-refractivity contribution is -0.525. The number of hydrazine groups is 1. The molecule has 4 rings (SSSR count). The molecule has 6 atom stereocenters. The van der Waals surface area contributed by atoms with Gasteiger partial charge in [0.05, 0.1) is 17.6 Å². The number of ketones is 1. The number of alkyl carbamates (subject to hydrolysis) is 1. The van der Waals surface area contributed by atoms with Crippen LogP contribution in [0.15, 0.2) is 4.99 Å². The molecule has 1 heterocycles. The third-order valence-corrected chi connectivity index (χ3v) is 11.7. The van der Waals surface area contributed by atoms with Crippen LogP contribution in [-0.2, 0) is 23.6 Å². The molecule has 2 amide bonds. The quantitative estimate of drug-likeness (QED) is 0.0206. The lowest BCUT2D eigenvalue weighted by Gasteiger charge is -2.64. The van der Waals surface area contributed by atoms with Crippen molar-refractivity contribution in [3.8, 4) is 0 Å². The van der Waals surface area contributed by atoms with Gasteiger partial charge in [-0.3, -0.25) is 9.59 Å². The lowest BCUT2D eigenvalue weighted by atomic mass is 9.43. The number of hydrogen-bond acceptors (Lipinski definition) is 9. The Balaban J connectivity index is 1.45. The molecule has 0 aromatic rings. The normalized spacial score (nSPS) is 24.3. The molecule has 3 aliphatic carbocycles. The molecule has 0 unspecified atom stereocenters. The Morgan fingerprint density at radius 1 is 1.00 bits per heavy atom. The Morgan fingerprint density at radius 3 is 2.22 bits per heavy atom. The summed E-state index contributed by atoms with van der Waals surface area (Å²) in [5, 5.41) is 16.0. The number of carbonyl (C=O) groups excluding carboxylic acids is 3. The monoisotopic (exact) mass is 763 g/mol. The zero-order valence-electron chi connectivity index (χ0n) is 34.5. The predicted molar refractivity (Wildman–Crippen MR) is 211 cm³/mol. The number of nitro groups is 1. The third kappa shape index (κ3) is 14.3. The fraction of sp³-hybridized carbons (Fsp3) is 0.897. The van der Waals surface area contributed by atoms with Crippen molar-refractivity contribution in [1.29, 1.82) is 0 Å². The Labute approximate surface area is 324 Å². The third-order valence-electron chi connectivity index (χ3n) is 11.7. The zero-order valence-corrected chi connectivity index (χ0v) is 34.5. The number of Topliss-reactive ketones (excluding diaryl/α,β-unsaturated/α-hetero) is 1. The Kier molecular flexibility index (Phi) is 17.5. The number of carbonyl (C=O) groups is 3. The molecule has 0 aromatic heterocycles. The van der Waals surface area contributed by atoms with Crippen molar-refractivity contribution >= 4 is 30.9 Å². The number of hydrogen-bond donors (Lipinski definition) is 4. The van der Waals surface area contributed by atoms with Crippen LogP contribution in [0.5, 0.6) is 0 Å². The lowest BCUT2D eigenvalue weighted by Crippen LogP contribution is -2.65. The smallest absolute Gasteiger partial charge is 0.444 e. The summed E-state index contributed by atoms with van der Waals surface area (Å²) in [6.45, 7) is 17.4. The average Bonchev–Trinajstić information content (AvgIpc) is 3.42. The van der Waals surface area contributed by atoms with Gasteiger partial charge in [0.1, 0.15) is 11.4 Å². The number of rotatable bonds is 24. The number of amides is 2. The molecular weight excluding hydrogens is 691 g/mol. The molecule has 15 heteroatoms. The molecule has 1 saturated heterocycles. The number of nitrogens with zero attached hydrogens (tertiary/aromatic N) is 2. The first-order chi connectivity index (χ1) is 25.3. The van der Waals surface area contributed by atoms with Crippen LogP contribution in [0.25, 0.3) is 0 Å². The van der Waals surface area contributed by atoms with E-state index in [1.54, 1.807) is 0 Å². The standard InChI is InChI=1S/C39H71BN6O8/c1-27(2)23-33(40-53-32-26-29-25-31(38(29,6)7)39(32,8)54-40)44-34(48)28(19-18-22-42-35(41)45-46(50)51)24-30(47)20-16-14-12-10-9-11-13-15-17-21-43-36(49)52-37(3,4)5/h27-29,31-33H,9-26H2,1-8H3,(H,43,49)(H,44,48)(H3,41,42,45)/t28-,29+,31+,32-,33+,39+/m1/s1. The van der Waals surface area contributed by atoms with E-state index in [1.807, 2.05) is 26.2 Å². The van der Waals surface area contributed by atoms with Gasteiger partial charge in [0.2, 0.25) is 5.91 Å². The van der Waals surface area contributed by atoms with Gasteiger partial charge in [-0.05, 0) is 95.8 Å². The van der Waals surface area contributed by atoms with Gasteiger partial charge in [-0.1, -0.05) is 78.1 Å². The molecule has 0 spiro atoms. The van der Waals surface area contributed by atoms with E-state index in [4.69, 9.17) is 19.8 Å². The topological polar surface area (TPSA) is 197 Å². The summed E-state index contributed by atoms with van der Waals surface area (Å²) in [5.41, 5.74) is 6.74. The van der Waals surface area contributed by atoms with Crippen LogP contribution in [0.2, 0.25) is 0 Å². The summed E-state index contributed by atoms with van der Waals surface area (Å²) < 4.78 is 18.6. The highest BCUT2D eigenvalue weighted by Gasteiger charge is 2.68. The summed E-state index contributed by atoms with van der Waals surface area (Å²) in [7, 11) is -0.559. The van der Waals surface area contributed by atoms with E-state index in [-0.39, 0.29) is 60.1 Å². The molecule has 0 aromatic carbocycles. The fourth-order valence-corrected chi connectivity index (χ4v) is 8.68. The van der Waals surface area contributed by atoms with E-state index in [2.05, 4.69) is 50.2 Å². The van der Waals surface area contributed by atoms with Crippen molar-refractivity contribution in [2.75, 3.05) is 13.1 Å². The van der Waals surface area contributed by atoms with Gasteiger partial charge in [0, 0.05) is 31.8 Å². The first-order valence-electron chi connectivity index (χ1n) is 20.6. The van der Waals surface area contributed by atoms with Crippen LogP contribution in [0.1, 0.15) is 158 Å². The maximum absolute atomic E-state index is 13.9. The van der Waals surface area contributed by atoms with E-state index >= 15 is 0 Å². The zero-order chi connectivity index (χ0) is 40.1. The van der Waals surface area contributed by atoms with E-state index in [1.165, 1.54) is 0 Å². The first kappa shape index (κ1) is 45.5. The van der Waals surface area contributed by atoms with Crippen molar-refractivity contribution in [3.63, 3.8) is 0 Å². The molecule has 0 radical (unpaired) electrons. The molecular formula is C39H71BN6O8. The second kappa shape index (κ2) is 20.8. The van der Waals surface area contributed by atoms with Crippen LogP contribution in [0.3, 0.4) is 0 Å². The van der Waals surface area contributed by atoms with Gasteiger partial charge in [-0.15, -0.1) is 0 Å². The first-order valence-corrected chi connectivity index (χ1v) is 20.6. The largest absolute Gasteiger partial charge is 0.481 e. The number of nitrogens with one attached hydrogen (secondary N) is 3. The number of nitrogens with two attached hydrogens (primary N) is 1. The number of guanidine groups is 1. The summed E-state index contributed by atoms with van der Waals surface area (Å²) in [6.07, 6.45) is 13.1. The van der Waals surface area contributed by atoms with E-state index in [9.17, 15) is 24.5 Å². The Bertz CT molecular complexity index is 1280. The van der Waals surface area contributed by atoms with Crippen LogP contribution in [0, 0.1) is 39.2 Å². The summed E-state index contributed by atoms with van der Waals surface area (Å²) in [5.74, 6) is -0.0675. The molecule has 2 bridgehead atoms. The molecule has 54 heavy (non-hydrogen) atoms. The number of unbranched alkanes of at least 4 members (excludes halogenated alkanes) is 8. The Hall–Kier alpha value is -2.94. The van der Waals surface area contributed by atoms with Crippen molar-refractivity contribution < 1.29 is 33.5 Å². The van der Waals surface area contributed by atoms with Gasteiger partial charge in [0.25, 0.3) is 5.96 Å². The molecule has 14 nitrogen and oxygen atoms in total. The van der Waals surface area contributed by atoms with Gasteiger partial charge >= 0.3 is 13.2 Å². The molecule has 5 N–H and O–H groups in total. The minimum atomic E-state index is -0.770. The molecule has 3 saturated carbocycles. The van der Waals surface area contributed by atoms with Crippen molar-refractivity contribution in [2.45, 2.75) is 181 Å². The van der Waals surface area contributed by atoms with Crippen molar-refractivity contribution in [2.24, 2.45) is 39.8 Å². The number of ether oxygens (including phenoxy) is 1. The van der Waals surface area contributed by atoms with Gasteiger partial charge < -0.3 is 30.4 Å². The molecule has 308 valence electrons. The summed E-state index contributed by atoms with van der Waals surface area (Å²) in [6, 6.07) is 0. The highest BCUT2D eigenvalue weighted by Crippen LogP contribution is 2.65. The van der Waals surface area contributed by atoms with Crippen LogP contribution >= 0.6 is 0 Å². The Morgan fingerprint density at radius 2 is 1.63 bits per heavy atom. The minimum absolute atomic E-state index is 0.000827. The maximum atomic E-state index is 13.9. The fourth-order valence-electron chi connectivity index (χ4n) is 8.68. The van der Waals surface area contributed by atoms with Crippen LogP contribution in [-0.4, -0.2) is 72.2 Å². The van der Waals surface area contributed by atoms with Crippen LogP contribution < -0.4 is 21.8 Å². The number of aliphatic imine (C=N–C) groups is 1. The minimum Gasteiger partial charge on any atom is -0.444 e. The van der Waals surface area contributed by atoms with Crippen molar-refractivity contribution in [3.05, 3.63) is 10.1 Å². The second-order valence-electron chi connectivity index (χ2n) is 18.2. The van der Waals surface area contributed by atoms with Crippen LogP contribution in [0.4, 0.5) is 4.79 Å². The molecule has 4 aliphatic rings. The van der Waals surface area contributed by atoms with Gasteiger partial charge in [0.15, 0.2) is 5.03 Å². The summed E-state index contributed by atoms with van der Waals surface area (Å²) in [4.78, 5) is 53.6. The molecule has 1 aliphatic heterocycles. The highest BCUT2D eigenvalue weighted by atomic mass is 16.7. The highest BCUT2D eigenvalue weighted by molar-refractivity contribution is 6.47. The second-order valence-corrected chi connectivity index (χ2v) is 18.2.